The lowest BCUT2D eigenvalue weighted by atomic mass is 9.96. The van der Waals surface area contributed by atoms with Crippen LogP contribution in [0.1, 0.15) is 40.5 Å². The first kappa shape index (κ1) is 12.2. The highest BCUT2D eigenvalue weighted by molar-refractivity contribution is 5.54. The first-order chi connectivity index (χ1) is 6.26. The summed E-state index contributed by atoms with van der Waals surface area (Å²) in [5, 5.41) is 0. The fourth-order valence-corrected chi connectivity index (χ4v) is 1.07. The molecule has 0 aromatic carbocycles. The second kappa shape index (κ2) is 7.78. The van der Waals surface area contributed by atoms with Crippen LogP contribution in [0.5, 0.6) is 0 Å². The summed E-state index contributed by atoms with van der Waals surface area (Å²) in [4.78, 5) is 4.17. The van der Waals surface area contributed by atoms with Crippen LogP contribution in [0.2, 0.25) is 0 Å². The molecular formula is C12H21N. The Balaban J connectivity index is 4.34. The van der Waals surface area contributed by atoms with Crippen LogP contribution in [0.25, 0.3) is 0 Å². The Kier molecular flexibility index (Phi) is 7.27. The maximum Gasteiger partial charge on any atom is 0.0261 e. The van der Waals surface area contributed by atoms with Gasteiger partial charge in [0.05, 0.1) is 0 Å². The van der Waals surface area contributed by atoms with E-state index in [1.54, 1.807) is 0 Å². The third-order valence-electron chi connectivity index (χ3n) is 2.22. The molecule has 0 saturated heterocycles. The van der Waals surface area contributed by atoms with Crippen LogP contribution < -0.4 is 0 Å². The molecule has 0 saturated carbocycles. The van der Waals surface area contributed by atoms with E-state index >= 15 is 0 Å². The number of nitrogens with zero attached hydrogens (tertiary/aromatic N) is 1. The van der Waals surface area contributed by atoms with Crippen molar-refractivity contribution < 1.29 is 0 Å². The van der Waals surface area contributed by atoms with Gasteiger partial charge < -0.3 is 0 Å². The van der Waals surface area contributed by atoms with Crippen LogP contribution in [0.3, 0.4) is 0 Å². The van der Waals surface area contributed by atoms with Crippen molar-refractivity contribution in [3.8, 4) is 0 Å². The van der Waals surface area contributed by atoms with Crippen LogP contribution in [-0.4, -0.2) is 6.21 Å². The number of aliphatic imine (C=N–C) groups is 1. The van der Waals surface area contributed by atoms with Crippen molar-refractivity contribution in [2.45, 2.75) is 40.5 Å². The number of hydrogen-bond acceptors (Lipinski definition) is 1. The fourth-order valence-electron chi connectivity index (χ4n) is 1.07. The highest BCUT2D eigenvalue weighted by Crippen LogP contribution is 2.18. The van der Waals surface area contributed by atoms with Gasteiger partial charge in [-0.25, -0.2) is 0 Å². The maximum atomic E-state index is 4.17. The molecule has 1 nitrogen and oxygen atoms in total. The summed E-state index contributed by atoms with van der Waals surface area (Å²) >= 11 is 0. The van der Waals surface area contributed by atoms with Gasteiger partial charge in [-0.05, 0) is 38.2 Å². The van der Waals surface area contributed by atoms with E-state index < -0.39 is 0 Å². The monoisotopic (exact) mass is 179 g/mol. The van der Waals surface area contributed by atoms with Crippen molar-refractivity contribution in [2.24, 2.45) is 10.9 Å². The molecule has 0 rings (SSSR count). The van der Waals surface area contributed by atoms with Gasteiger partial charge >= 0.3 is 0 Å². The molecule has 0 spiro atoms. The van der Waals surface area contributed by atoms with Gasteiger partial charge in [0, 0.05) is 12.4 Å². The zero-order valence-corrected chi connectivity index (χ0v) is 9.25. The molecule has 0 radical (unpaired) electrons. The van der Waals surface area contributed by atoms with Crippen molar-refractivity contribution in [1.29, 1.82) is 0 Å². The number of allylic oxidation sites excluding steroid dienone is 3. The summed E-state index contributed by atoms with van der Waals surface area (Å²) in [6, 6.07) is 0. The van der Waals surface area contributed by atoms with Crippen molar-refractivity contribution in [2.75, 3.05) is 0 Å². The lowest BCUT2D eigenvalue weighted by Gasteiger charge is -2.10. The van der Waals surface area contributed by atoms with Crippen molar-refractivity contribution in [3.63, 3.8) is 0 Å². The molecule has 0 aromatic rings. The topological polar surface area (TPSA) is 12.4 Å². The molecule has 74 valence electrons. The first-order valence-corrected chi connectivity index (χ1v) is 5.04. The van der Waals surface area contributed by atoms with Gasteiger partial charge in [0.25, 0.3) is 0 Å². The lowest BCUT2D eigenvalue weighted by molar-refractivity contribution is 0.640. The summed E-state index contributed by atoms with van der Waals surface area (Å²) in [7, 11) is 0. The average Bonchev–Trinajstić information content (AvgIpc) is 2.17. The van der Waals surface area contributed by atoms with Crippen LogP contribution in [0, 0.1) is 5.92 Å². The normalized spacial score (nSPS) is 15.8. The number of rotatable bonds is 5. The molecule has 1 unspecified atom stereocenters. The minimum absolute atomic E-state index is 0.639. The Hall–Kier alpha value is -0.850. The molecule has 0 fully saturated rings. The Labute approximate surface area is 82.3 Å². The van der Waals surface area contributed by atoms with E-state index in [0.717, 1.165) is 6.42 Å². The highest BCUT2D eigenvalue weighted by Gasteiger charge is 2.03. The molecule has 0 N–H and O–H groups in total. The Morgan fingerprint density at radius 1 is 1.38 bits per heavy atom. The minimum Gasteiger partial charge on any atom is -0.269 e. The summed E-state index contributed by atoms with van der Waals surface area (Å²) in [5.74, 6) is 0.639. The average molecular weight is 179 g/mol. The summed E-state index contributed by atoms with van der Waals surface area (Å²) < 4.78 is 0. The van der Waals surface area contributed by atoms with Gasteiger partial charge in [-0.2, -0.15) is 0 Å². The quantitative estimate of drug-likeness (QED) is 0.447. The summed E-state index contributed by atoms with van der Waals surface area (Å²) in [6.45, 7) is 8.46. The summed E-state index contributed by atoms with van der Waals surface area (Å²) in [5.41, 5.74) is 1.42. The fraction of sp³-hybridized carbons (Fsp3) is 0.583. The van der Waals surface area contributed by atoms with Crippen LogP contribution in [0.4, 0.5) is 0 Å². The molecule has 1 heteroatoms. The lowest BCUT2D eigenvalue weighted by Crippen LogP contribution is -1.96. The maximum absolute atomic E-state index is 4.17. The van der Waals surface area contributed by atoms with Crippen molar-refractivity contribution in [3.05, 3.63) is 23.9 Å². The molecular weight excluding hydrogens is 158 g/mol. The van der Waals surface area contributed by atoms with E-state index in [0.29, 0.717) is 5.92 Å². The molecule has 0 amide bonds. The molecule has 13 heavy (non-hydrogen) atoms. The smallest absolute Gasteiger partial charge is 0.0261 e. The Morgan fingerprint density at radius 2 is 2.08 bits per heavy atom. The van der Waals surface area contributed by atoms with Crippen molar-refractivity contribution >= 4 is 6.21 Å². The van der Waals surface area contributed by atoms with Crippen LogP contribution >= 0.6 is 0 Å². The highest BCUT2D eigenvalue weighted by atomic mass is 14.7. The van der Waals surface area contributed by atoms with E-state index in [4.69, 9.17) is 0 Å². The zero-order valence-electron chi connectivity index (χ0n) is 9.25. The zero-order chi connectivity index (χ0) is 10.1. The molecule has 0 aliphatic carbocycles. The van der Waals surface area contributed by atoms with Crippen LogP contribution in [0.15, 0.2) is 28.9 Å². The largest absolute Gasteiger partial charge is 0.269 e. The Morgan fingerprint density at radius 3 is 2.54 bits per heavy atom. The molecule has 0 aliphatic rings. The van der Waals surface area contributed by atoms with Gasteiger partial charge in [-0.1, -0.05) is 26.0 Å². The molecule has 0 aromatic heterocycles. The molecule has 0 heterocycles. The molecule has 0 aliphatic heterocycles. The van der Waals surface area contributed by atoms with E-state index in [2.05, 4.69) is 37.9 Å². The Bertz CT molecular complexity index is 199. The van der Waals surface area contributed by atoms with Crippen molar-refractivity contribution in [1.82, 2.24) is 0 Å². The second-order valence-corrected chi connectivity index (χ2v) is 3.19. The second-order valence-electron chi connectivity index (χ2n) is 3.19. The predicted molar refractivity (Wildman–Crippen MR) is 61.1 cm³/mol. The van der Waals surface area contributed by atoms with Gasteiger partial charge in [0.2, 0.25) is 0 Å². The third-order valence-corrected chi connectivity index (χ3v) is 2.22. The van der Waals surface area contributed by atoms with Gasteiger partial charge in [0.1, 0.15) is 0 Å². The van der Waals surface area contributed by atoms with Gasteiger partial charge in [-0.3, -0.25) is 4.99 Å². The van der Waals surface area contributed by atoms with E-state index in [-0.39, 0.29) is 0 Å². The summed E-state index contributed by atoms with van der Waals surface area (Å²) in [6.07, 6.45) is 10.3. The van der Waals surface area contributed by atoms with E-state index in [9.17, 15) is 0 Å². The molecule has 0 bridgehead atoms. The minimum atomic E-state index is 0.639. The van der Waals surface area contributed by atoms with Crippen LogP contribution in [-0.2, 0) is 0 Å². The SMILES string of the molecule is CC=N/C=C(\C/C=C\C)C(C)CC. The molecule has 1 atom stereocenters. The van der Waals surface area contributed by atoms with Gasteiger partial charge in [-0.15, -0.1) is 0 Å². The standard InChI is InChI=1S/C12H21N/c1-5-8-9-12(10-13-7-3)11(4)6-2/h5,7-8,10-11H,6,9H2,1-4H3/b8-5-,12-10+,13-7?. The predicted octanol–water partition coefficient (Wildman–Crippen LogP) is 3.97. The first-order valence-electron chi connectivity index (χ1n) is 5.04. The van der Waals surface area contributed by atoms with Gasteiger partial charge in [0.15, 0.2) is 0 Å². The van der Waals surface area contributed by atoms with E-state index in [1.165, 1.54) is 12.0 Å². The van der Waals surface area contributed by atoms with E-state index in [1.807, 2.05) is 19.3 Å². The third kappa shape index (κ3) is 5.40. The number of hydrogen-bond donors (Lipinski definition) is 0.